The normalized spacial score (nSPS) is 17.2. The Morgan fingerprint density at radius 3 is 2.81 bits per heavy atom. The van der Waals surface area contributed by atoms with Crippen molar-refractivity contribution in [2.75, 3.05) is 20.2 Å². The second-order valence-electron chi connectivity index (χ2n) is 7.17. The van der Waals surface area contributed by atoms with E-state index in [1.54, 1.807) is 7.11 Å². The molecular weight excluding hydrogens is 338 g/mol. The molecule has 1 aliphatic heterocycles. The number of aryl methyl sites for hydroxylation is 1. The first-order chi connectivity index (χ1) is 13.2. The SMILES string of the molecule is COc1ccc(CCC(=O)N2CCCC(c3nc4ccccc4[nH]3)C2)cc1. The molecule has 140 valence electrons. The van der Waals surface area contributed by atoms with E-state index in [9.17, 15) is 4.79 Å². The molecule has 0 aliphatic carbocycles. The van der Waals surface area contributed by atoms with Gasteiger partial charge in [0.25, 0.3) is 0 Å². The van der Waals surface area contributed by atoms with E-state index in [0.29, 0.717) is 6.42 Å². The number of H-pyrrole nitrogens is 1. The van der Waals surface area contributed by atoms with Crippen molar-refractivity contribution >= 4 is 16.9 Å². The number of nitrogens with one attached hydrogen (secondary N) is 1. The lowest BCUT2D eigenvalue weighted by molar-refractivity contribution is -0.132. The molecule has 1 atom stereocenters. The summed E-state index contributed by atoms with van der Waals surface area (Å²) in [6.07, 6.45) is 3.39. The molecule has 0 saturated carbocycles. The van der Waals surface area contributed by atoms with Gasteiger partial charge in [0.05, 0.1) is 18.1 Å². The number of hydrogen-bond donors (Lipinski definition) is 1. The number of imidazole rings is 1. The Labute approximate surface area is 159 Å². The lowest BCUT2D eigenvalue weighted by atomic mass is 9.96. The summed E-state index contributed by atoms with van der Waals surface area (Å²) < 4.78 is 5.18. The molecule has 0 bridgehead atoms. The first-order valence-electron chi connectivity index (χ1n) is 9.58. The number of piperidine rings is 1. The second kappa shape index (κ2) is 7.82. The molecule has 27 heavy (non-hydrogen) atoms. The summed E-state index contributed by atoms with van der Waals surface area (Å²) in [5, 5.41) is 0. The van der Waals surface area contributed by atoms with E-state index < -0.39 is 0 Å². The highest BCUT2D eigenvalue weighted by Crippen LogP contribution is 2.27. The van der Waals surface area contributed by atoms with Crippen LogP contribution in [0.2, 0.25) is 0 Å². The topological polar surface area (TPSA) is 58.2 Å². The third kappa shape index (κ3) is 3.97. The predicted molar refractivity (Wildman–Crippen MR) is 106 cm³/mol. The van der Waals surface area contributed by atoms with Gasteiger partial charge in [-0.3, -0.25) is 4.79 Å². The van der Waals surface area contributed by atoms with Gasteiger partial charge in [0, 0.05) is 25.4 Å². The number of methoxy groups -OCH3 is 1. The molecule has 1 aliphatic rings. The Hall–Kier alpha value is -2.82. The Morgan fingerprint density at radius 1 is 1.22 bits per heavy atom. The van der Waals surface area contributed by atoms with Crippen molar-refractivity contribution in [3.05, 3.63) is 59.9 Å². The van der Waals surface area contributed by atoms with Crippen LogP contribution in [0.3, 0.4) is 0 Å². The van der Waals surface area contributed by atoms with E-state index in [4.69, 9.17) is 9.72 Å². The Balaban J connectivity index is 1.37. The Bertz CT molecular complexity index is 884. The highest BCUT2D eigenvalue weighted by molar-refractivity contribution is 5.77. The number of aromatic amines is 1. The number of hydrogen-bond acceptors (Lipinski definition) is 3. The van der Waals surface area contributed by atoms with E-state index in [1.807, 2.05) is 53.4 Å². The van der Waals surface area contributed by atoms with Gasteiger partial charge < -0.3 is 14.6 Å². The maximum atomic E-state index is 12.7. The van der Waals surface area contributed by atoms with Gasteiger partial charge in [-0.2, -0.15) is 0 Å². The molecule has 0 spiro atoms. The first-order valence-corrected chi connectivity index (χ1v) is 9.58. The molecule has 5 nitrogen and oxygen atoms in total. The van der Waals surface area contributed by atoms with Crippen LogP contribution in [0.5, 0.6) is 5.75 Å². The van der Waals surface area contributed by atoms with Crippen LogP contribution in [0.15, 0.2) is 48.5 Å². The van der Waals surface area contributed by atoms with Gasteiger partial charge in [-0.1, -0.05) is 24.3 Å². The minimum absolute atomic E-state index is 0.228. The fraction of sp³-hybridized carbons (Fsp3) is 0.364. The predicted octanol–water partition coefficient (Wildman–Crippen LogP) is 3.91. The van der Waals surface area contributed by atoms with Crippen LogP contribution >= 0.6 is 0 Å². The van der Waals surface area contributed by atoms with Gasteiger partial charge in [-0.05, 0) is 49.1 Å². The Morgan fingerprint density at radius 2 is 2.04 bits per heavy atom. The fourth-order valence-corrected chi connectivity index (χ4v) is 3.79. The van der Waals surface area contributed by atoms with Gasteiger partial charge in [-0.15, -0.1) is 0 Å². The van der Waals surface area contributed by atoms with Gasteiger partial charge in [0.15, 0.2) is 0 Å². The number of carbonyl (C=O) groups excluding carboxylic acids is 1. The van der Waals surface area contributed by atoms with E-state index >= 15 is 0 Å². The third-order valence-corrected chi connectivity index (χ3v) is 5.36. The number of fused-ring (bicyclic) bond motifs is 1. The zero-order valence-corrected chi connectivity index (χ0v) is 15.6. The van der Waals surface area contributed by atoms with Crippen LogP contribution in [0.4, 0.5) is 0 Å². The van der Waals surface area contributed by atoms with E-state index in [0.717, 1.165) is 60.5 Å². The molecule has 2 heterocycles. The summed E-state index contributed by atoms with van der Waals surface area (Å²) in [6.45, 7) is 1.60. The molecule has 1 fully saturated rings. The minimum atomic E-state index is 0.228. The van der Waals surface area contributed by atoms with Crippen molar-refractivity contribution in [2.24, 2.45) is 0 Å². The molecule has 2 aromatic carbocycles. The molecule has 1 amide bonds. The molecule has 1 N–H and O–H groups in total. The summed E-state index contributed by atoms with van der Waals surface area (Å²) in [6, 6.07) is 16.0. The van der Waals surface area contributed by atoms with Crippen LogP contribution < -0.4 is 4.74 Å². The van der Waals surface area contributed by atoms with Crippen molar-refractivity contribution in [1.82, 2.24) is 14.9 Å². The van der Waals surface area contributed by atoms with E-state index in [1.165, 1.54) is 0 Å². The first kappa shape index (κ1) is 17.6. The zero-order chi connectivity index (χ0) is 18.6. The number of carbonyl (C=O) groups is 1. The smallest absolute Gasteiger partial charge is 0.222 e. The Kier molecular flexibility index (Phi) is 5.10. The van der Waals surface area contributed by atoms with Crippen LogP contribution in [0.25, 0.3) is 11.0 Å². The van der Waals surface area contributed by atoms with E-state index in [2.05, 4.69) is 4.98 Å². The van der Waals surface area contributed by atoms with Crippen LogP contribution in [-0.2, 0) is 11.2 Å². The second-order valence-corrected chi connectivity index (χ2v) is 7.17. The summed E-state index contributed by atoms with van der Waals surface area (Å²) in [5.41, 5.74) is 3.22. The zero-order valence-electron chi connectivity index (χ0n) is 15.6. The van der Waals surface area contributed by atoms with Gasteiger partial charge in [0.1, 0.15) is 11.6 Å². The number of para-hydroxylation sites is 2. The van der Waals surface area contributed by atoms with Crippen molar-refractivity contribution in [3.8, 4) is 5.75 Å². The highest BCUT2D eigenvalue weighted by atomic mass is 16.5. The molecule has 5 heteroatoms. The number of benzene rings is 2. The number of amides is 1. The van der Waals surface area contributed by atoms with Crippen LogP contribution in [-0.4, -0.2) is 41.0 Å². The van der Waals surface area contributed by atoms with Crippen LogP contribution in [0.1, 0.15) is 36.6 Å². The third-order valence-electron chi connectivity index (χ3n) is 5.36. The van der Waals surface area contributed by atoms with Crippen molar-refractivity contribution in [3.63, 3.8) is 0 Å². The van der Waals surface area contributed by atoms with Gasteiger partial charge >= 0.3 is 0 Å². The molecular formula is C22H25N3O2. The van der Waals surface area contributed by atoms with Gasteiger partial charge in [-0.25, -0.2) is 4.98 Å². The molecule has 3 aromatic rings. The van der Waals surface area contributed by atoms with E-state index in [-0.39, 0.29) is 11.8 Å². The average Bonchev–Trinajstić information content (AvgIpc) is 3.17. The summed E-state index contributed by atoms with van der Waals surface area (Å²) in [5.74, 6) is 2.36. The molecule has 4 rings (SSSR count). The monoisotopic (exact) mass is 363 g/mol. The lowest BCUT2D eigenvalue weighted by Crippen LogP contribution is -2.39. The lowest BCUT2D eigenvalue weighted by Gasteiger charge is -2.32. The maximum absolute atomic E-state index is 12.7. The number of nitrogens with zero attached hydrogens (tertiary/aromatic N) is 2. The minimum Gasteiger partial charge on any atom is -0.497 e. The van der Waals surface area contributed by atoms with Crippen LogP contribution in [0, 0.1) is 0 Å². The average molecular weight is 363 g/mol. The summed E-state index contributed by atoms with van der Waals surface area (Å²) >= 11 is 0. The standard InChI is InChI=1S/C22H25N3O2/c1-27-18-11-8-16(9-12-18)10-13-21(26)25-14-4-5-17(15-25)22-23-19-6-2-3-7-20(19)24-22/h2-3,6-9,11-12,17H,4-5,10,13-15H2,1H3,(H,23,24). The van der Waals surface area contributed by atoms with Crippen molar-refractivity contribution in [1.29, 1.82) is 0 Å². The molecule has 1 unspecified atom stereocenters. The number of likely N-dealkylation sites (tertiary alicyclic amines) is 1. The summed E-state index contributed by atoms with van der Waals surface area (Å²) in [7, 11) is 1.66. The largest absolute Gasteiger partial charge is 0.497 e. The highest BCUT2D eigenvalue weighted by Gasteiger charge is 2.26. The molecule has 0 radical (unpaired) electrons. The molecule has 1 aromatic heterocycles. The number of ether oxygens (including phenoxy) is 1. The maximum Gasteiger partial charge on any atom is 0.222 e. The van der Waals surface area contributed by atoms with Gasteiger partial charge in [0.2, 0.25) is 5.91 Å². The van der Waals surface area contributed by atoms with Crippen molar-refractivity contribution in [2.45, 2.75) is 31.6 Å². The number of aromatic nitrogens is 2. The summed E-state index contributed by atoms with van der Waals surface area (Å²) in [4.78, 5) is 22.9. The quantitative estimate of drug-likeness (QED) is 0.748. The van der Waals surface area contributed by atoms with Crippen molar-refractivity contribution < 1.29 is 9.53 Å². The fourth-order valence-electron chi connectivity index (χ4n) is 3.79. The number of rotatable bonds is 5. The molecule has 1 saturated heterocycles.